The minimum atomic E-state index is 0.303. The van der Waals surface area contributed by atoms with Crippen LogP contribution >= 0.6 is 0 Å². The van der Waals surface area contributed by atoms with Gasteiger partial charge < -0.3 is 10.9 Å². The lowest BCUT2D eigenvalue weighted by Gasteiger charge is -2.34. The Hall–Kier alpha value is -0.770. The average Bonchev–Trinajstić information content (AvgIpc) is 2.88. The normalized spacial score (nSPS) is 28.2. The highest BCUT2D eigenvalue weighted by molar-refractivity contribution is 5.80. The second-order valence-electron chi connectivity index (χ2n) is 6.11. The molecular formula is C12H23N3O. The van der Waals surface area contributed by atoms with Gasteiger partial charge in [0.25, 0.3) is 0 Å². The van der Waals surface area contributed by atoms with E-state index in [1.807, 2.05) is 0 Å². The first-order chi connectivity index (χ1) is 7.47. The highest BCUT2D eigenvalue weighted by Crippen LogP contribution is 2.50. The van der Waals surface area contributed by atoms with Crippen molar-refractivity contribution in [2.45, 2.75) is 51.5 Å². The predicted octanol–water partition coefficient (Wildman–Crippen LogP) is 1.78. The number of hydrogen-bond acceptors (Lipinski definition) is 3. The van der Waals surface area contributed by atoms with Crippen molar-refractivity contribution in [1.82, 2.24) is 4.90 Å². The van der Waals surface area contributed by atoms with E-state index in [1.54, 1.807) is 0 Å². The van der Waals surface area contributed by atoms with Crippen LogP contribution in [0.5, 0.6) is 0 Å². The van der Waals surface area contributed by atoms with E-state index in [9.17, 15) is 0 Å². The summed E-state index contributed by atoms with van der Waals surface area (Å²) in [5, 5.41) is 11.7. The number of nitrogens with zero attached hydrogens (tertiary/aromatic N) is 2. The smallest absolute Gasteiger partial charge is 0.139 e. The van der Waals surface area contributed by atoms with Gasteiger partial charge >= 0.3 is 0 Å². The molecule has 1 saturated heterocycles. The first-order valence-corrected chi connectivity index (χ1v) is 6.19. The molecule has 2 aliphatic rings. The lowest BCUT2D eigenvalue weighted by atomic mass is 9.97. The first kappa shape index (κ1) is 11.7. The Bertz CT molecular complexity index is 295. The number of likely N-dealkylation sites (tertiary alicyclic amines) is 1. The van der Waals surface area contributed by atoms with Crippen LogP contribution in [0.3, 0.4) is 0 Å². The van der Waals surface area contributed by atoms with E-state index in [0.717, 1.165) is 13.0 Å². The number of amidine groups is 1. The third-order valence-electron chi connectivity index (χ3n) is 4.24. The van der Waals surface area contributed by atoms with Gasteiger partial charge in [0.05, 0.1) is 0 Å². The van der Waals surface area contributed by atoms with E-state index in [-0.39, 0.29) is 0 Å². The molecule has 0 atom stereocenters. The Morgan fingerprint density at radius 3 is 2.50 bits per heavy atom. The fraction of sp³-hybridized carbons (Fsp3) is 0.917. The third kappa shape index (κ3) is 2.32. The van der Waals surface area contributed by atoms with Gasteiger partial charge in [-0.3, -0.25) is 4.90 Å². The van der Waals surface area contributed by atoms with E-state index in [2.05, 4.69) is 23.9 Å². The summed E-state index contributed by atoms with van der Waals surface area (Å²) in [4.78, 5) is 2.57. The van der Waals surface area contributed by atoms with Crippen molar-refractivity contribution >= 4 is 5.84 Å². The molecule has 1 saturated carbocycles. The fourth-order valence-corrected chi connectivity index (χ4v) is 2.85. The number of nitrogens with two attached hydrogens (primary N) is 1. The zero-order valence-electron chi connectivity index (χ0n) is 10.4. The van der Waals surface area contributed by atoms with Gasteiger partial charge in [0.15, 0.2) is 0 Å². The molecule has 4 nitrogen and oxygen atoms in total. The molecule has 4 heteroatoms. The summed E-state index contributed by atoms with van der Waals surface area (Å²) in [6.45, 7) is 6.94. The van der Waals surface area contributed by atoms with Gasteiger partial charge in [0.1, 0.15) is 5.84 Å². The second kappa shape index (κ2) is 3.91. The SMILES string of the molecule is CC1(C)CCCN1CC1(CC(N)=NO)CC1. The van der Waals surface area contributed by atoms with Crippen LogP contribution in [0.4, 0.5) is 0 Å². The third-order valence-corrected chi connectivity index (χ3v) is 4.24. The Morgan fingerprint density at radius 2 is 2.06 bits per heavy atom. The molecule has 1 heterocycles. The van der Waals surface area contributed by atoms with Gasteiger partial charge in [0.2, 0.25) is 0 Å². The molecule has 0 unspecified atom stereocenters. The Kier molecular flexibility index (Phi) is 2.86. The molecule has 2 rings (SSSR count). The zero-order chi connectivity index (χ0) is 11.8. The van der Waals surface area contributed by atoms with Crippen LogP contribution in [0.25, 0.3) is 0 Å². The summed E-state index contributed by atoms with van der Waals surface area (Å²) in [6, 6.07) is 0. The van der Waals surface area contributed by atoms with Crippen LogP contribution < -0.4 is 5.73 Å². The molecule has 1 aliphatic carbocycles. The fourth-order valence-electron chi connectivity index (χ4n) is 2.85. The minimum Gasteiger partial charge on any atom is -0.409 e. The molecule has 0 aromatic carbocycles. The molecule has 0 aromatic heterocycles. The lowest BCUT2D eigenvalue weighted by Crippen LogP contribution is -2.42. The van der Waals surface area contributed by atoms with E-state index in [4.69, 9.17) is 10.9 Å². The first-order valence-electron chi connectivity index (χ1n) is 6.19. The molecular weight excluding hydrogens is 202 g/mol. The zero-order valence-corrected chi connectivity index (χ0v) is 10.4. The van der Waals surface area contributed by atoms with E-state index < -0.39 is 0 Å². The highest BCUT2D eigenvalue weighted by atomic mass is 16.4. The molecule has 0 radical (unpaired) electrons. The quantitative estimate of drug-likeness (QED) is 0.332. The Balaban J connectivity index is 1.94. The van der Waals surface area contributed by atoms with Crippen molar-refractivity contribution in [2.75, 3.05) is 13.1 Å². The molecule has 0 amide bonds. The Morgan fingerprint density at radius 1 is 1.38 bits per heavy atom. The molecule has 0 spiro atoms. The van der Waals surface area contributed by atoms with E-state index >= 15 is 0 Å². The van der Waals surface area contributed by atoms with Crippen molar-refractivity contribution in [1.29, 1.82) is 0 Å². The van der Waals surface area contributed by atoms with Gasteiger partial charge in [-0.05, 0) is 51.5 Å². The molecule has 16 heavy (non-hydrogen) atoms. The van der Waals surface area contributed by atoms with Crippen molar-refractivity contribution in [3.8, 4) is 0 Å². The van der Waals surface area contributed by atoms with Crippen LogP contribution in [0, 0.1) is 5.41 Å². The van der Waals surface area contributed by atoms with Crippen LogP contribution in [-0.4, -0.2) is 34.6 Å². The molecule has 0 aromatic rings. The summed E-state index contributed by atoms with van der Waals surface area (Å²) in [5.41, 5.74) is 6.26. The molecule has 2 fully saturated rings. The Labute approximate surface area is 97.5 Å². The maximum atomic E-state index is 8.64. The van der Waals surface area contributed by atoms with E-state index in [0.29, 0.717) is 16.8 Å². The van der Waals surface area contributed by atoms with Gasteiger partial charge in [0, 0.05) is 18.5 Å². The van der Waals surface area contributed by atoms with Crippen molar-refractivity contribution < 1.29 is 5.21 Å². The number of hydrogen-bond donors (Lipinski definition) is 2. The minimum absolute atomic E-state index is 0.303. The maximum absolute atomic E-state index is 8.64. The summed E-state index contributed by atoms with van der Waals surface area (Å²) in [7, 11) is 0. The van der Waals surface area contributed by atoms with E-state index in [1.165, 1.54) is 32.2 Å². The summed E-state index contributed by atoms with van der Waals surface area (Å²) in [6.07, 6.45) is 5.76. The molecule has 1 aliphatic heterocycles. The highest BCUT2D eigenvalue weighted by Gasteiger charge is 2.47. The molecule has 92 valence electrons. The van der Waals surface area contributed by atoms with Crippen molar-refractivity contribution in [2.24, 2.45) is 16.3 Å². The largest absolute Gasteiger partial charge is 0.409 e. The maximum Gasteiger partial charge on any atom is 0.139 e. The van der Waals surface area contributed by atoms with Crippen LogP contribution in [0.15, 0.2) is 5.16 Å². The topological polar surface area (TPSA) is 61.8 Å². The number of oxime groups is 1. The van der Waals surface area contributed by atoms with Gasteiger partial charge in [-0.1, -0.05) is 5.16 Å². The van der Waals surface area contributed by atoms with Crippen LogP contribution in [0.2, 0.25) is 0 Å². The lowest BCUT2D eigenvalue weighted by molar-refractivity contribution is 0.141. The molecule has 0 bridgehead atoms. The van der Waals surface area contributed by atoms with Crippen LogP contribution in [-0.2, 0) is 0 Å². The van der Waals surface area contributed by atoms with Crippen molar-refractivity contribution in [3.63, 3.8) is 0 Å². The average molecular weight is 225 g/mol. The van der Waals surface area contributed by atoms with Crippen LogP contribution in [0.1, 0.15) is 46.0 Å². The van der Waals surface area contributed by atoms with Gasteiger partial charge in [-0.25, -0.2) is 0 Å². The predicted molar refractivity (Wildman–Crippen MR) is 64.6 cm³/mol. The summed E-state index contributed by atoms with van der Waals surface area (Å²) >= 11 is 0. The summed E-state index contributed by atoms with van der Waals surface area (Å²) in [5.74, 6) is 0.384. The second-order valence-corrected chi connectivity index (χ2v) is 6.11. The van der Waals surface area contributed by atoms with Crippen molar-refractivity contribution in [3.05, 3.63) is 0 Å². The molecule has 3 N–H and O–H groups in total. The summed E-state index contributed by atoms with van der Waals surface area (Å²) < 4.78 is 0. The van der Waals surface area contributed by atoms with Gasteiger partial charge in [-0.15, -0.1) is 0 Å². The standard InChI is InChI=1S/C12H23N3O/c1-11(2)4-3-7-15(11)9-12(5-6-12)8-10(13)14-16/h16H,3-9H2,1-2H3,(H2,13,14). The van der Waals surface area contributed by atoms with Gasteiger partial charge in [-0.2, -0.15) is 0 Å². The number of rotatable bonds is 4. The monoisotopic (exact) mass is 225 g/mol.